The number of aromatic hydroxyl groups is 1. The van der Waals surface area contributed by atoms with Crippen LogP contribution in [0.25, 0.3) is 0 Å². The molecule has 112 valence electrons. The van der Waals surface area contributed by atoms with E-state index in [-0.39, 0.29) is 5.75 Å². The van der Waals surface area contributed by atoms with Crippen LogP contribution in [0.4, 0.5) is 0 Å². The van der Waals surface area contributed by atoms with Crippen molar-refractivity contribution in [3.05, 3.63) is 58.6 Å². The predicted octanol–water partition coefficient (Wildman–Crippen LogP) is 3.78. The van der Waals surface area contributed by atoms with Gasteiger partial charge < -0.3 is 15.2 Å². The first-order valence-corrected chi connectivity index (χ1v) is 7.38. The summed E-state index contributed by atoms with van der Waals surface area (Å²) in [6, 6.07) is 13.8. The normalized spacial score (nSPS) is 10.6. The van der Waals surface area contributed by atoms with Crippen LogP contribution in [0.1, 0.15) is 17.5 Å². The number of phenolic OH excluding ortho intramolecular Hbond substituents is 1. The second kappa shape index (κ2) is 7.91. The van der Waals surface area contributed by atoms with Gasteiger partial charge in [0.1, 0.15) is 0 Å². The summed E-state index contributed by atoms with van der Waals surface area (Å²) < 4.78 is 5.09. The largest absolute Gasteiger partial charge is 0.504 e. The van der Waals surface area contributed by atoms with Gasteiger partial charge in [0, 0.05) is 23.2 Å². The molecule has 0 atom stereocenters. The number of hydrogen-bond donors (Lipinski definition) is 2. The molecule has 21 heavy (non-hydrogen) atoms. The van der Waals surface area contributed by atoms with Crippen molar-refractivity contribution in [1.29, 1.82) is 0 Å². The molecule has 0 unspecified atom stereocenters. The van der Waals surface area contributed by atoms with Gasteiger partial charge in [-0.1, -0.05) is 41.9 Å². The standard InChI is InChI=1S/C17H20ClNO2/c1-21-16-11-15(18)10-14(17(16)20)12-19-9-5-8-13-6-3-2-4-7-13/h2-4,6-7,10-11,19-20H,5,8-9,12H2,1H3. The number of benzene rings is 2. The number of methoxy groups -OCH3 is 1. The van der Waals surface area contributed by atoms with E-state index < -0.39 is 0 Å². The van der Waals surface area contributed by atoms with E-state index in [1.807, 2.05) is 6.07 Å². The van der Waals surface area contributed by atoms with Crippen LogP contribution in [-0.2, 0) is 13.0 Å². The topological polar surface area (TPSA) is 41.5 Å². The van der Waals surface area contributed by atoms with Crippen molar-refractivity contribution in [2.45, 2.75) is 19.4 Å². The summed E-state index contributed by atoms with van der Waals surface area (Å²) in [4.78, 5) is 0. The molecule has 4 heteroatoms. The number of hydrogen-bond acceptors (Lipinski definition) is 3. The molecule has 0 amide bonds. The Morgan fingerprint density at radius 1 is 1.19 bits per heavy atom. The molecule has 2 aromatic rings. The number of halogens is 1. The molecule has 0 fully saturated rings. The van der Waals surface area contributed by atoms with Gasteiger partial charge in [0.05, 0.1) is 7.11 Å². The first-order valence-electron chi connectivity index (χ1n) is 7.00. The second-order valence-corrected chi connectivity index (χ2v) is 5.32. The van der Waals surface area contributed by atoms with Gasteiger partial charge in [0.2, 0.25) is 0 Å². The number of phenols is 1. The van der Waals surface area contributed by atoms with E-state index in [0.29, 0.717) is 17.3 Å². The number of rotatable bonds is 7. The maximum Gasteiger partial charge on any atom is 0.162 e. The van der Waals surface area contributed by atoms with Crippen LogP contribution < -0.4 is 10.1 Å². The van der Waals surface area contributed by atoms with E-state index >= 15 is 0 Å². The molecule has 0 aliphatic rings. The summed E-state index contributed by atoms with van der Waals surface area (Å²) in [5, 5.41) is 13.9. The highest BCUT2D eigenvalue weighted by Gasteiger charge is 2.09. The molecule has 0 aromatic heterocycles. The quantitative estimate of drug-likeness (QED) is 0.765. The van der Waals surface area contributed by atoms with Crippen molar-refractivity contribution < 1.29 is 9.84 Å². The molecule has 0 spiro atoms. The van der Waals surface area contributed by atoms with Crippen molar-refractivity contribution in [2.24, 2.45) is 0 Å². The molecular weight excluding hydrogens is 286 g/mol. The van der Waals surface area contributed by atoms with E-state index in [4.69, 9.17) is 16.3 Å². The molecule has 0 bridgehead atoms. The van der Waals surface area contributed by atoms with E-state index in [9.17, 15) is 5.11 Å². The van der Waals surface area contributed by atoms with Crippen LogP contribution in [0.15, 0.2) is 42.5 Å². The minimum absolute atomic E-state index is 0.150. The molecule has 0 saturated heterocycles. The predicted molar refractivity (Wildman–Crippen MR) is 86.1 cm³/mol. The first kappa shape index (κ1) is 15.7. The molecule has 0 aliphatic carbocycles. The van der Waals surface area contributed by atoms with Crippen LogP contribution >= 0.6 is 11.6 Å². The lowest BCUT2D eigenvalue weighted by Crippen LogP contribution is -2.15. The van der Waals surface area contributed by atoms with Gasteiger partial charge >= 0.3 is 0 Å². The summed E-state index contributed by atoms with van der Waals surface area (Å²) in [5.74, 6) is 0.557. The van der Waals surface area contributed by atoms with Gasteiger partial charge in [-0.2, -0.15) is 0 Å². The Morgan fingerprint density at radius 2 is 1.95 bits per heavy atom. The highest BCUT2D eigenvalue weighted by atomic mass is 35.5. The Kier molecular flexibility index (Phi) is 5.90. The Balaban J connectivity index is 1.80. The smallest absolute Gasteiger partial charge is 0.162 e. The molecule has 0 aliphatic heterocycles. The van der Waals surface area contributed by atoms with Crippen LogP contribution in [0.5, 0.6) is 11.5 Å². The third-order valence-electron chi connectivity index (χ3n) is 3.32. The van der Waals surface area contributed by atoms with Crippen LogP contribution in [0, 0.1) is 0 Å². The minimum atomic E-state index is 0.150. The Bertz CT molecular complexity index is 573. The van der Waals surface area contributed by atoms with E-state index in [2.05, 4.69) is 29.6 Å². The van der Waals surface area contributed by atoms with Crippen molar-refractivity contribution in [3.63, 3.8) is 0 Å². The lowest BCUT2D eigenvalue weighted by atomic mass is 10.1. The molecule has 2 aromatic carbocycles. The van der Waals surface area contributed by atoms with Crippen molar-refractivity contribution >= 4 is 11.6 Å². The average Bonchev–Trinajstić information content (AvgIpc) is 2.51. The summed E-state index contributed by atoms with van der Waals surface area (Å²) in [6.07, 6.45) is 2.08. The highest BCUT2D eigenvalue weighted by molar-refractivity contribution is 6.30. The van der Waals surface area contributed by atoms with E-state index in [1.165, 1.54) is 12.7 Å². The van der Waals surface area contributed by atoms with Crippen LogP contribution in [0.3, 0.4) is 0 Å². The molecule has 0 radical (unpaired) electrons. The number of nitrogens with one attached hydrogen (secondary N) is 1. The number of aryl methyl sites for hydroxylation is 1. The van der Waals surface area contributed by atoms with Crippen molar-refractivity contribution in [1.82, 2.24) is 5.32 Å². The fraction of sp³-hybridized carbons (Fsp3) is 0.294. The van der Waals surface area contributed by atoms with Gasteiger partial charge in [-0.3, -0.25) is 0 Å². The SMILES string of the molecule is COc1cc(Cl)cc(CNCCCc2ccccc2)c1O. The highest BCUT2D eigenvalue weighted by Crippen LogP contribution is 2.33. The Labute approximate surface area is 130 Å². The average molecular weight is 306 g/mol. The van der Waals surface area contributed by atoms with Gasteiger partial charge in [-0.15, -0.1) is 0 Å². The summed E-state index contributed by atoms with van der Waals surface area (Å²) in [7, 11) is 1.52. The van der Waals surface area contributed by atoms with Gasteiger partial charge in [0.15, 0.2) is 11.5 Å². The summed E-state index contributed by atoms with van der Waals surface area (Å²) in [6.45, 7) is 1.45. The monoisotopic (exact) mass is 305 g/mol. The lowest BCUT2D eigenvalue weighted by Gasteiger charge is -2.11. The van der Waals surface area contributed by atoms with Crippen molar-refractivity contribution in [3.8, 4) is 11.5 Å². The van der Waals surface area contributed by atoms with Crippen LogP contribution in [-0.4, -0.2) is 18.8 Å². The fourth-order valence-corrected chi connectivity index (χ4v) is 2.43. The van der Waals surface area contributed by atoms with Gasteiger partial charge in [0.25, 0.3) is 0 Å². The van der Waals surface area contributed by atoms with E-state index in [1.54, 1.807) is 12.1 Å². The fourth-order valence-electron chi connectivity index (χ4n) is 2.20. The van der Waals surface area contributed by atoms with Gasteiger partial charge in [-0.25, -0.2) is 0 Å². The minimum Gasteiger partial charge on any atom is -0.504 e. The zero-order valence-corrected chi connectivity index (χ0v) is 12.9. The zero-order chi connectivity index (χ0) is 15.1. The molecule has 3 nitrogen and oxygen atoms in total. The van der Waals surface area contributed by atoms with Gasteiger partial charge in [-0.05, 0) is 31.0 Å². The zero-order valence-electron chi connectivity index (χ0n) is 12.1. The van der Waals surface area contributed by atoms with Crippen molar-refractivity contribution in [2.75, 3.05) is 13.7 Å². The molecule has 2 N–H and O–H groups in total. The summed E-state index contributed by atoms with van der Waals surface area (Å²) >= 11 is 6.00. The molecule has 0 saturated carbocycles. The maximum atomic E-state index is 10.0. The molecule has 0 heterocycles. The Hall–Kier alpha value is -1.71. The summed E-state index contributed by atoms with van der Waals surface area (Å²) in [5.41, 5.74) is 2.09. The van der Waals surface area contributed by atoms with Crippen LogP contribution in [0.2, 0.25) is 5.02 Å². The first-order chi connectivity index (χ1) is 10.2. The Morgan fingerprint density at radius 3 is 2.67 bits per heavy atom. The van der Waals surface area contributed by atoms with E-state index in [0.717, 1.165) is 24.9 Å². The third kappa shape index (κ3) is 4.66. The molecular formula is C17H20ClNO2. The maximum absolute atomic E-state index is 10.0. The number of ether oxygens (including phenoxy) is 1. The second-order valence-electron chi connectivity index (χ2n) is 4.88. The lowest BCUT2D eigenvalue weighted by molar-refractivity contribution is 0.369. The third-order valence-corrected chi connectivity index (χ3v) is 3.53. The molecule has 2 rings (SSSR count).